The predicted octanol–water partition coefficient (Wildman–Crippen LogP) is 1.18. The fourth-order valence-electron chi connectivity index (χ4n) is 2.46. The molecule has 0 saturated carbocycles. The van der Waals surface area contributed by atoms with Gasteiger partial charge in [0, 0.05) is 7.05 Å². The van der Waals surface area contributed by atoms with E-state index in [4.69, 9.17) is 5.73 Å². The number of carbonyl (C=O) groups excluding carboxylic acids is 3. The standard InChI is InChI=1S/C18H18N2O7S/c1-20(15-7-5-4-6-14(15)16(19)21)28(24,25)13-9-11(17(22)26-2)8-12(10-13)18(23)27-3/h4-10H,1-3H3,(H2,19,21). The number of esters is 2. The summed E-state index contributed by atoms with van der Waals surface area (Å²) in [6, 6.07) is 9.16. The van der Waals surface area contributed by atoms with Crippen molar-refractivity contribution in [3.8, 4) is 0 Å². The second kappa shape index (κ2) is 8.09. The highest BCUT2D eigenvalue weighted by atomic mass is 32.2. The van der Waals surface area contributed by atoms with Gasteiger partial charge in [0.25, 0.3) is 15.9 Å². The summed E-state index contributed by atoms with van der Waals surface area (Å²) in [4.78, 5) is 35.1. The summed E-state index contributed by atoms with van der Waals surface area (Å²) in [5, 5.41) is 0. The van der Waals surface area contributed by atoms with E-state index in [0.29, 0.717) is 0 Å². The fraction of sp³-hybridized carbons (Fsp3) is 0.167. The monoisotopic (exact) mass is 406 g/mol. The Hall–Kier alpha value is -3.40. The number of hydrogen-bond donors (Lipinski definition) is 1. The van der Waals surface area contributed by atoms with Crippen LogP contribution in [0, 0.1) is 0 Å². The van der Waals surface area contributed by atoms with E-state index in [-0.39, 0.29) is 27.3 Å². The first-order valence-corrected chi connectivity index (χ1v) is 9.27. The molecule has 0 aliphatic rings. The molecule has 0 bridgehead atoms. The smallest absolute Gasteiger partial charge is 0.337 e. The molecule has 0 radical (unpaired) electrons. The van der Waals surface area contributed by atoms with Crippen molar-refractivity contribution in [3.05, 3.63) is 59.2 Å². The number of ether oxygens (including phenoxy) is 2. The molecule has 2 aromatic carbocycles. The zero-order chi connectivity index (χ0) is 21.1. The molecule has 0 aliphatic heterocycles. The van der Waals surface area contributed by atoms with E-state index in [1.54, 1.807) is 6.07 Å². The van der Waals surface area contributed by atoms with Gasteiger partial charge in [0.05, 0.1) is 41.5 Å². The van der Waals surface area contributed by atoms with Gasteiger partial charge in [-0.2, -0.15) is 0 Å². The minimum Gasteiger partial charge on any atom is -0.465 e. The molecule has 2 rings (SSSR count). The Morgan fingerprint density at radius 2 is 1.43 bits per heavy atom. The van der Waals surface area contributed by atoms with Crippen molar-refractivity contribution in [3.63, 3.8) is 0 Å². The summed E-state index contributed by atoms with van der Waals surface area (Å²) in [6.07, 6.45) is 0. The molecule has 0 aliphatic carbocycles. The van der Waals surface area contributed by atoms with Crippen LogP contribution in [-0.2, 0) is 19.5 Å². The lowest BCUT2D eigenvalue weighted by Crippen LogP contribution is -2.29. The molecule has 148 valence electrons. The Morgan fingerprint density at radius 1 is 0.929 bits per heavy atom. The van der Waals surface area contributed by atoms with Gasteiger partial charge in [-0.25, -0.2) is 18.0 Å². The quantitative estimate of drug-likeness (QED) is 0.712. The van der Waals surface area contributed by atoms with Crippen molar-refractivity contribution < 1.29 is 32.3 Å². The number of nitrogens with zero attached hydrogens (tertiary/aromatic N) is 1. The number of para-hydroxylation sites is 1. The Labute approximate surface area is 161 Å². The number of nitrogens with two attached hydrogens (primary N) is 1. The SMILES string of the molecule is COC(=O)c1cc(C(=O)OC)cc(S(=O)(=O)N(C)c2ccccc2C(N)=O)c1. The van der Waals surface area contributed by atoms with Crippen molar-refractivity contribution >= 4 is 33.6 Å². The first-order valence-electron chi connectivity index (χ1n) is 7.83. The van der Waals surface area contributed by atoms with Gasteiger partial charge in [0.1, 0.15) is 0 Å². The topological polar surface area (TPSA) is 133 Å². The zero-order valence-electron chi connectivity index (χ0n) is 15.3. The predicted molar refractivity (Wildman–Crippen MR) is 99.7 cm³/mol. The van der Waals surface area contributed by atoms with Crippen molar-refractivity contribution in [1.29, 1.82) is 0 Å². The van der Waals surface area contributed by atoms with Crippen LogP contribution in [0.4, 0.5) is 5.69 Å². The van der Waals surface area contributed by atoms with Gasteiger partial charge in [0.2, 0.25) is 0 Å². The highest BCUT2D eigenvalue weighted by Crippen LogP contribution is 2.27. The lowest BCUT2D eigenvalue weighted by atomic mass is 10.1. The summed E-state index contributed by atoms with van der Waals surface area (Å²) >= 11 is 0. The largest absolute Gasteiger partial charge is 0.465 e. The van der Waals surface area contributed by atoms with Crippen molar-refractivity contribution in [2.75, 3.05) is 25.6 Å². The Balaban J connectivity index is 2.66. The molecular weight excluding hydrogens is 388 g/mol. The number of methoxy groups -OCH3 is 2. The van der Waals surface area contributed by atoms with Crippen LogP contribution in [-0.4, -0.2) is 47.5 Å². The molecule has 0 heterocycles. The average Bonchev–Trinajstić information content (AvgIpc) is 2.71. The minimum atomic E-state index is -4.27. The normalized spacial score (nSPS) is 10.8. The summed E-state index contributed by atoms with van der Waals surface area (Å²) in [5.74, 6) is -2.47. The van der Waals surface area contributed by atoms with Gasteiger partial charge in [-0.1, -0.05) is 12.1 Å². The Morgan fingerprint density at radius 3 is 1.89 bits per heavy atom. The summed E-state index contributed by atoms with van der Waals surface area (Å²) < 4.78 is 36.3. The van der Waals surface area contributed by atoms with Crippen LogP contribution in [0.25, 0.3) is 0 Å². The Kier molecular flexibility index (Phi) is 6.04. The van der Waals surface area contributed by atoms with E-state index in [0.717, 1.165) is 36.7 Å². The van der Waals surface area contributed by atoms with Gasteiger partial charge in [0.15, 0.2) is 0 Å². The molecule has 0 saturated heterocycles. The van der Waals surface area contributed by atoms with E-state index in [1.807, 2.05) is 0 Å². The molecule has 0 fully saturated rings. The Bertz CT molecular complexity index is 1010. The minimum absolute atomic E-state index is 0.00844. The average molecular weight is 406 g/mol. The third-order valence-electron chi connectivity index (χ3n) is 3.92. The molecule has 0 unspecified atom stereocenters. The second-order valence-corrected chi connectivity index (χ2v) is 7.55. The molecule has 10 heteroatoms. The van der Waals surface area contributed by atoms with Gasteiger partial charge in [-0.05, 0) is 30.3 Å². The highest BCUT2D eigenvalue weighted by Gasteiger charge is 2.27. The van der Waals surface area contributed by atoms with E-state index in [2.05, 4.69) is 9.47 Å². The van der Waals surface area contributed by atoms with Crippen molar-refractivity contribution in [1.82, 2.24) is 0 Å². The first kappa shape index (κ1) is 20.9. The molecule has 2 N–H and O–H groups in total. The molecule has 2 aromatic rings. The number of amides is 1. The van der Waals surface area contributed by atoms with Crippen LogP contribution in [0.2, 0.25) is 0 Å². The molecule has 0 aromatic heterocycles. The molecule has 0 spiro atoms. The number of primary amides is 1. The fourth-order valence-corrected chi connectivity index (χ4v) is 3.75. The number of sulfonamides is 1. The van der Waals surface area contributed by atoms with Crippen LogP contribution in [0.1, 0.15) is 31.1 Å². The van der Waals surface area contributed by atoms with Crippen LogP contribution in [0.3, 0.4) is 0 Å². The van der Waals surface area contributed by atoms with E-state index in [9.17, 15) is 22.8 Å². The van der Waals surface area contributed by atoms with Crippen molar-refractivity contribution in [2.24, 2.45) is 5.73 Å². The molecule has 0 atom stereocenters. The van der Waals surface area contributed by atoms with E-state index >= 15 is 0 Å². The maximum atomic E-state index is 13.1. The van der Waals surface area contributed by atoms with Gasteiger partial charge < -0.3 is 15.2 Å². The van der Waals surface area contributed by atoms with Crippen LogP contribution in [0.15, 0.2) is 47.4 Å². The molecule has 9 nitrogen and oxygen atoms in total. The van der Waals surface area contributed by atoms with Crippen LogP contribution in [0.5, 0.6) is 0 Å². The maximum absolute atomic E-state index is 13.1. The van der Waals surface area contributed by atoms with Crippen LogP contribution < -0.4 is 10.0 Å². The lowest BCUT2D eigenvalue weighted by Gasteiger charge is -2.22. The maximum Gasteiger partial charge on any atom is 0.337 e. The highest BCUT2D eigenvalue weighted by molar-refractivity contribution is 7.92. The van der Waals surface area contributed by atoms with Gasteiger partial charge >= 0.3 is 11.9 Å². The zero-order valence-corrected chi connectivity index (χ0v) is 16.1. The summed E-state index contributed by atoms with van der Waals surface area (Å²) in [7, 11) is -0.801. The lowest BCUT2D eigenvalue weighted by molar-refractivity contribution is 0.0598. The number of anilines is 1. The second-order valence-electron chi connectivity index (χ2n) is 5.58. The summed E-state index contributed by atoms with van der Waals surface area (Å²) in [5.41, 5.74) is 5.04. The number of carbonyl (C=O) groups is 3. The first-order chi connectivity index (χ1) is 13.1. The molecule has 1 amide bonds. The van der Waals surface area contributed by atoms with E-state index in [1.165, 1.54) is 25.2 Å². The third kappa shape index (κ3) is 3.96. The van der Waals surface area contributed by atoms with Crippen LogP contribution >= 0.6 is 0 Å². The third-order valence-corrected chi connectivity index (χ3v) is 5.67. The van der Waals surface area contributed by atoms with E-state index < -0.39 is 27.9 Å². The summed E-state index contributed by atoms with van der Waals surface area (Å²) in [6.45, 7) is 0. The number of benzene rings is 2. The van der Waals surface area contributed by atoms with Gasteiger partial charge in [-0.3, -0.25) is 9.10 Å². The van der Waals surface area contributed by atoms with Crippen molar-refractivity contribution in [2.45, 2.75) is 4.90 Å². The van der Waals surface area contributed by atoms with Gasteiger partial charge in [-0.15, -0.1) is 0 Å². The number of rotatable bonds is 6. The number of hydrogen-bond acceptors (Lipinski definition) is 7. The molecular formula is C18H18N2O7S. The molecule has 28 heavy (non-hydrogen) atoms.